The van der Waals surface area contributed by atoms with E-state index in [-0.39, 0.29) is 0 Å². The van der Waals surface area contributed by atoms with Crippen LogP contribution in [-0.2, 0) is 0 Å². The zero-order valence-electron chi connectivity index (χ0n) is 8.84. The Hall–Kier alpha value is -0.580. The van der Waals surface area contributed by atoms with Crippen molar-refractivity contribution in [2.75, 3.05) is 5.32 Å². The maximum Gasteiger partial charge on any atom is 0.208 e. The fourth-order valence-corrected chi connectivity index (χ4v) is 2.34. The Kier molecular flexibility index (Phi) is 3.52. The van der Waals surface area contributed by atoms with Crippen LogP contribution >= 0.6 is 35.1 Å². The molecule has 2 rings (SSSR count). The second-order valence-corrected chi connectivity index (χ2v) is 5.34. The van der Waals surface area contributed by atoms with Gasteiger partial charge in [0.1, 0.15) is 0 Å². The van der Waals surface area contributed by atoms with Crippen LogP contribution in [0.25, 0.3) is 0 Å². The molecule has 0 amide bonds. The van der Waals surface area contributed by atoms with Crippen molar-refractivity contribution < 1.29 is 0 Å². The van der Waals surface area contributed by atoms with Crippen molar-refractivity contribution in [1.82, 2.24) is 5.32 Å². The van der Waals surface area contributed by atoms with Crippen LogP contribution in [0.3, 0.4) is 0 Å². The molecule has 0 saturated carbocycles. The molecule has 1 aromatic rings. The van der Waals surface area contributed by atoms with Gasteiger partial charge in [-0.15, -0.1) is 0 Å². The monoisotopic (exact) mass is 275 g/mol. The lowest BCUT2D eigenvalue weighted by atomic mass is 10.3. The molecule has 6 heteroatoms. The summed E-state index contributed by atoms with van der Waals surface area (Å²) in [5.74, 6) is 0.742. The van der Waals surface area contributed by atoms with Gasteiger partial charge >= 0.3 is 0 Å². The molecular formula is C10H11Cl2N3S. The Morgan fingerprint density at radius 1 is 1.31 bits per heavy atom. The molecule has 86 valence electrons. The highest BCUT2D eigenvalue weighted by atomic mass is 35.5. The Bertz CT molecular complexity index is 446. The van der Waals surface area contributed by atoms with E-state index in [1.54, 1.807) is 0 Å². The number of benzene rings is 1. The van der Waals surface area contributed by atoms with Gasteiger partial charge in [0.05, 0.1) is 20.6 Å². The molecule has 1 heterocycles. The first kappa shape index (κ1) is 11.9. The number of hydrogen-bond acceptors (Lipinski definition) is 4. The van der Waals surface area contributed by atoms with Crippen LogP contribution in [-0.4, -0.2) is 12.0 Å². The minimum atomic E-state index is 0.330. The van der Waals surface area contributed by atoms with E-state index in [9.17, 15) is 0 Å². The summed E-state index contributed by atoms with van der Waals surface area (Å²) in [5, 5.41) is 7.46. The second-order valence-electron chi connectivity index (χ2n) is 3.72. The standard InChI is InChI=1S/C10H11Cl2N3S/c1-5(2)13-10-14-8-3-6(11)7(12)4-9(8)16-15-10/h3-5H,1-2H3,(H2,13,14,15). The number of anilines is 1. The maximum atomic E-state index is 5.96. The lowest BCUT2D eigenvalue weighted by Crippen LogP contribution is -2.36. The third kappa shape index (κ3) is 2.56. The first-order valence-electron chi connectivity index (χ1n) is 4.84. The van der Waals surface area contributed by atoms with Crippen molar-refractivity contribution in [2.24, 2.45) is 4.40 Å². The molecule has 0 radical (unpaired) electrons. The van der Waals surface area contributed by atoms with E-state index in [0.29, 0.717) is 16.1 Å². The summed E-state index contributed by atoms with van der Waals surface area (Å²) in [6.45, 7) is 4.11. The highest BCUT2D eigenvalue weighted by molar-refractivity contribution is 7.98. The molecule has 1 aliphatic heterocycles. The zero-order chi connectivity index (χ0) is 11.7. The Morgan fingerprint density at radius 3 is 2.69 bits per heavy atom. The number of nitrogens with zero attached hydrogens (tertiary/aromatic N) is 1. The molecule has 1 aliphatic rings. The van der Waals surface area contributed by atoms with E-state index in [2.05, 4.69) is 28.9 Å². The van der Waals surface area contributed by atoms with E-state index in [1.807, 2.05) is 12.1 Å². The van der Waals surface area contributed by atoms with Crippen molar-refractivity contribution in [3.05, 3.63) is 22.2 Å². The maximum absolute atomic E-state index is 5.96. The molecule has 0 fully saturated rings. The topological polar surface area (TPSA) is 36.4 Å². The van der Waals surface area contributed by atoms with Crippen molar-refractivity contribution in [2.45, 2.75) is 24.8 Å². The molecule has 1 aromatic carbocycles. The summed E-state index contributed by atoms with van der Waals surface area (Å²) in [7, 11) is 0. The van der Waals surface area contributed by atoms with Crippen LogP contribution in [0.4, 0.5) is 5.69 Å². The summed E-state index contributed by atoms with van der Waals surface area (Å²) in [6, 6.07) is 3.95. The number of fused-ring (bicyclic) bond motifs is 1. The lowest BCUT2D eigenvalue weighted by molar-refractivity contribution is 0.732. The molecule has 0 spiro atoms. The van der Waals surface area contributed by atoms with Gasteiger partial charge < -0.3 is 10.6 Å². The summed E-state index contributed by atoms with van der Waals surface area (Å²) >= 11 is 13.3. The normalized spacial score (nSPS) is 14.2. The summed E-state index contributed by atoms with van der Waals surface area (Å²) in [6.07, 6.45) is 0. The van der Waals surface area contributed by atoms with Gasteiger partial charge in [-0.1, -0.05) is 23.2 Å². The van der Waals surface area contributed by atoms with Gasteiger partial charge in [0.2, 0.25) is 5.96 Å². The van der Waals surface area contributed by atoms with Crippen LogP contribution in [0.1, 0.15) is 13.8 Å². The minimum absolute atomic E-state index is 0.330. The van der Waals surface area contributed by atoms with Crippen molar-refractivity contribution in [3.63, 3.8) is 0 Å². The molecule has 0 bridgehead atoms. The van der Waals surface area contributed by atoms with E-state index in [4.69, 9.17) is 23.2 Å². The zero-order valence-corrected chi connectivity index (χ0v) is 11.2. The van der Waals surface area contributed by atoms with Gasteiger partial charge in [0.15, 0.2) is 0 Å². The summed E-state index contributed by atoms with van der Waals surface area (Å²) in [4.78, 5) is 0.976. The average Bonchev–Trinajstić information content (AvgIpc) is 2.19. The third-order valence-corrected chi connectivity index (χ3v) is 3.47. The molecule has 0 saturated heterocycles. The highest BCUT2D eigenvalue weighted by Gasteiger charge is 2.15. The Morgan fingerprint density at radius 2 is 2.00 bits per heavy atom. The number of hydrogen-bond donors (Lipinski definition) is 2. The van der Waals surface area contributed by atoms with Gasteiger partial charge in [0, 0.05) is 18.0 Å². The fraction of sp³-hybridized carbons (Fsp3) is 0.300. The van der Waals surface area contributed by atoms with Crippen LogP contribution in [0.5, 0.6) is 0 Å². The van der Waals surface area contributed by atoms with Gasteiger partial charge in [0.25, 0.3) is 0 Å². The first-order chi connectivity index (χ1) is 7.56. The molecule has 0 aliphatic carbocycles. The van der Waals surface area contributed by atoms with Crippen LogP contribution < -0.4 is 10.6 Å². The van der Waals surface area contributed by atoms with Crippen LogP contribution in [0.15, 0.2) is 21.4 Å². The largest absolute Gasteiger partial charge is 0.353 e. The fourth-order valence-electron chi connectivity index (χ4n) is 1.28. The van der Waals surface area contributed by atoms with Gasteiger partial charge in [-0.05, 0) is 26.0 Å². The van der Waals surface area contributed by atoms with Crippen molar-refractivity contribution in [1.29, 1.82) is 0 Å². The van der Waals surface area contributed by atoms with E-state index >= 15 is 0 Å². The second kappa shape index (κ2) is 4.73. The lowest BCUT2D eigenvalue weighted by Gasteiger charge is -2.20. The molecular weight excluding hydrogens is 265 g/mol. The van der Waals surface area contributed by atoms with E-state index < -0.39 is 0 Å². The number of halogens is 2. The van der Waals surface area contributed by atoms with Crippen molar-refractivity contribution in [3.8, 4) is 0 Å². The predicted octanol–water partition coefficient (Wildman–Crippen LogP) is 3.78. The molecule has 2 N–H and O–H groups in total. The molecule has 0 unspecified atom stereocenters. The minimum Gasteiger partial charge on any atom is -0.353 e. The van der Waals surface area contributed by atoms with Crippen molar-refractivity contribution >= 4 is 46.8 Å². The molecule has 0 aromatic heterocycles. The van der Waals surface area contributed by atoms with Gasteiger partial charge in [-0.3, -0.25) is 0 Å². The predicted molar refractivity (Wildman–Crippen MR) is 71.6 cm³/mol. The Balaban J connectivity index is 2.23. The quantitative estimate of drug-likeness (QED) is 0.766. The summed E-state index contributed by atoms with van der Waals surface area (Å²) < 4.78 is 4.29. The average molecular weight is 276 g/mol. The molecule has 3 nitrogen and oxygen atoms in total. The van der Waals surface area contributed by atoms with E-state index in [1.165, 1.54) is 11.9 Å². The number of rotatable bonds is 1. The molecule has 0 atom stereocenters. The Labute approximate surface area is 109 Å². The highest BCUT2D eigenvalue weighted by Crippen LogP contribution is 2.37. The smallest absolute Gasteiger partial charge is 0.208 e. The SMILES string of the molecule is CC(C)NC1=NSc2cc(Cl)c(Cl)cc2N1. The summed E-state index contributed by atoms with van der Waals surface area (Å²) in [5.41, 5.74) is 0.928. The molecule has 16 heavy (non-hydrogen) atoms. The van der Waals surface area contributed by atoms with E-state index in [0.717, 1.165) is 16.5 Å². The van der Waals surface area contributed by atoms with Crippen LogP contribution in [0, 0.1) is 0 Å². The number of guanidine groups is 1. The van der Waals surface area contributed by atoms with Crippen LogP contribution in [0.2, 0.25) is 10.0 Å². The van der Waals surface area contributed by atoms with Gasteiger partial charge in [-0.2, -0.15) is 4.40 Å². The van der Waals surface area contributed by atoms with Gasteiger partial charge in [-0.25, -0.2) is 0 Å². The number of nitrogens with one attached hydrogen (secondary N) is 2. The first-order valence-corrected chi connectivity index (χ1v) is 6.37. The third-order valence-electron chi connectivity index (χ3n) is 1.94.